The lowest BCUT2D eigenvalue weighted by molar-refractivity contribution is 0.0299. The molecule has 190 valence electrons. The van der Waals surface area contributed by atoms with Gasteiger partial charge >= 0.3 is 0 Å². The van der Waals surface area contributed by atoms with Crippen molar-refractivity contribution in [1.82, 2.24) is 14.9 Å². The van der Waals surface area contributed by atoms with Crippen LogP contribution in [0.5, 0.6) is 0 Å². The summed E-state index contributed by atoms with van der Waals surface area (Å²) in [4.78, 5) is 34.1. The standard InChI is InChI=1S/C25H30FN7O3/c26-17-13-16(22(28)34)23(32-24(17)31-20-4-2-1-3-18(20)27)29-15-5-6-19-14(11-15)12-21(30-19)25(35)33-7-9-36-10-8-33/h5-6,11-13,18,20,30H,1-4,7-10,27H2,(H2,28,34)(H2,29,31,32)/t18-,20?/m0/s1. The number of aromatic amines is 1. The molecule has 0 spiro atoms. The van der Waals surface area contributed by atoms with Crippen LogP contribution in [0.4, 0.5) is 21.7 Å². The Morgan fingerprint density at radius 2 is 1.89 bits per heavy atom. The molecular weight excluding hydrogens is 465 g/mol. The summed E-state index contributed by atoms with van der Waals surface area (Å²) in [6.45, 7) is 2.15. The SMILES string of the molecule is NC(=O)c1cc(F)c(NC2CCCC[C@@H]2N)nc1Nc1ccc2[nH]c(C(=O)N3CCOCC3)cc2c1. The minimum Gasteiger partial charge on any atom is -0.378 e. The first-order chi connectivity index (χ1) is 17.4. The Balaban J connectivity index is 1.40. The number of primary amides is 1. The summed E-state index contributed by atoms with van der Waals surface area (Å²) in [5.41, 5.74) is 13.5. The highest BCUT2D eigenvalue weighted by Gasteiger charge is 2.25. The van der Waals surface area contributed by atoms with Gasteiger partial charge in [0.1, 0.15) is 11.5 Å². The number of hydrogen-bond acceptors (Lipinski definition) is 7. The van der Waals surface area contributed by atoms with E-state index in [-0.39, 0.29) is 35.2 Å². The Morgan fingerprint density at radius 3 is 2.64 bits per heavy atom. The number of halogens is 1. The predicted octanol–water partition coefficient (Wildman–Crippen LogP) is 2.70. The third-order valence-electron chi connectivity index (χ3n) is 6.80. The smallest absolute Gasteiger partial charge is 0.270 e. The molecule has 2 atom stereocenters. The summed E-state index contributed by atoms with van der Waals surface area (Å²) in [7, 11) is 0. The summed E-state index contributed by atoms with van der Waals surface area (Å²) in [5, 5.41) is 6.99. The highest BCUT2D eigenvalue weighted by molar-refractivity contribution is 6.00. The Kier molecular flexibility index (Phi) is 6.75. The minimum absolute atomic E-state index is 0.0194. The van der Waals surface area contributed by atoms with Crippen LogP contribution in [0.25, 0.3) is 10.9 Å². The van der Waals surface area contributed by atoms with Gasteiger partial charge in [0.05, 0.1) is 18.8 Å². The van der Waals surface area contributed by atoms with Gasteiger partial charge in [-0.1, -0.05) is 12.8 Å². The van der Waals surface area contributed by atoms with Crippen molar-refractivity contribution in [1.29, 1.82) is 0 Å². The number of benzene rings is 1. The third-order valence-corrected chi connectivity index (χ3v) is 6.80. The summed E-state index contributed by atoms with van der Waals surface area (Å²) < 4.78 is 20.1. The van der Waals surface area contributed by atoms with E-state index in [1.165, 1.54) is 0 Å². The minimum atomic E-state index is -0.800. The van der Waals surface area contributed by atoms with Crippen molar-refractivity contribution in [3.05, 3.63) is 47.4 Å². The highest BCUT2D eigenvalue weighted by Crippen LogP contribution is 2.28. The summed E-state index contributed by atoms with van der Waals surface area (Å²) in [6.07, 6.45) is 3.73. The maximum atomic E-state index is 14.8. The maximum Gasteiger partial charge on any atom is 0.270 e. The topological polar surface area (TPSA) is 151 Å². The van der Waals surface area contributed by atoms with Crippen molar-refractivity contribution in [2.24, 2.45) is 11.5 Å². The fraction of sp³-hybridized carbons (Fsp3) is 0.400. The zero-order valence-corrected chi connectivity index (χ0v) is 19.9. The van der Waals surface area contributed by atoms with Crippen LogP contribution in [0.2, 0.25) is 0 Å². The number of ether oxygens (including phenoxy) is 1. The van der Waals surface area contributed by atoms with Crippen LogP contribution in [0.3, 0.4) is 0 Å². The van der Waals surface area contributed by atoms with Crippen LogP contribution in [0, 0.1) is 5.82 Å². The van der Waals surface area contributed by atoms with Gasteiger partial charge in [0.2, 0.25) is 0 Å². The molecule has 2 aliphatic rings. The third kappa shape index (κ3) is 4.98. The lowest BCUT2D eigenvalue weighted by Gasteiger charge is -2.30. The number of H-pyrrole nitrogens is 1. The lowest BCUT2D eigenvalue weighted by atomic mass is 9.91. The maximum absolute atomic E-state index is 14.8. The number of hydrogen-bond donors (Lipinski definition) is 5. The van der Waals surface area contributed by atoms with Crippen LogP contribution < -0.4 is 22.1 Å². The molecule has 2 amide bonds. The van der Waals surface area contributed by atoms with Gasteiger partial charge in [0.25, 0.3) is 11.8 Å². The van der Waals surface area contributed by atoms with E-state index in [2.05, 4.69) is 20.6 Å². The molecule has 11 heteroatoms. The number of carbonyl (C=O) groups is 2. The number of anilines is 3. The number of nitrogens with one attached hydrogen (secondary N) is 3. The summed E-state index contributed by atoms with van der Waals surface area (Å²) in [5.74, 6) is -1.40. The molecule has 7 N–H and O–H groups in total. The molecule has 1 aliphatic heterocycles. The van der Waals surface area contributed by atoms with E-state index in [0.29, 0.717) is 37.7 Å². The average Bonchev–Trinajstić information content (AvgIpc) is 3.30. The number of pyridine rings is 1. The molecule has 1 aliphatic carbocycles. The van der Waals surface area contributed by atoms with Crippen molar-refractivity contribution >= 4 is 40.0 Å². The molecule has 1 aromatic carbocycles. The number of nitrogens with two attached hydrogens (primary N) is 2. The van der Waals surface area contributed by atoms with E-state index >= 15 is 0 Å². The normalized spacial score (nSPS) is 20.3. The Hall–Kier alpha value is -3.70. The molecule has 1 unspecified atom stereocenters. The first-order valence-electron chi connectivity index (χ1n) is 12.2. The second-order valence-electron chi connectivity index (χ2n) is 9.29. The molecular formula is C25H30FN7O3. The summed E-state index contributed by atoms with van der Waals surface area (Å²) in [6, 6.07) is 8.08. The molecule has 10 nitrogen and oxygen atoms in total. The van der Waals surface area contributed by atoms with E-state index in [4.69, 9.17) is 16.2 Å². The second kappa shape index (κ2) is 10.1. The van der Waals surface area contributed by atoms with Crippen LogP contribution >= 0.6 is 0 Å². The predicted molar refractivity (Wildman–Crippen MR) is 135 cm³/mol. The number of amides is 2. The largest absolute Gasteiger partial charge is 0.378 e. The van der Waals surface area contributed by atoms with Gasteiger partial charge in [0.15, 0.2) is 11.6 Å². The average molecular weight is 496 g/mol. The molecule has 1 saturated carbocycles. The van der Waals surface area contributed by atoms with Gasteiger partial charge in [-0.2, -0.15) is 0 Å². The number of fused-ring (bicyclic) bond motifs is 1. The molecule has 36 heavy (non-hydrogen) atoms. The van der Waals surface area contributed by atoms with Gasteiger partial charge in [0, 0.05) is 41.8 Å². The van der Waals surface area contributed by atoms with E-state index in [9.17, 15) is 14.0 Å². The number of morpholine rings is 1. The molecule has 0 radical (unpaired) electrons. The van der Waals surface area contributed by atoms with Gasteiger partial charge < -0.3 is 36.7 Å². The zero-order chi connectivity index (χ0) is 25.2. The molecule has 2 fully saturated rings. The number of rotatable bonds is 6. The van der Waals surface area contributed by atoms with Crippen molar-refractivity contribution in [3.63, 3.8) is 0 Å². The lowest BCUT2D eigenvalue weighted by Crippen LogP contribution is -2.43. The first kappa shape index (κ1) is 24.0. The number of aromatic nitrogens is 2. The number of carbonyl (C=O) groups excluding carboxylic acids is 2. The van der Waals surface area contributed by atoms with Crippen LogP contribution in [0.1, 0.15) is 46.5 Å². The fourth-order valence-electron chi connectivity index (χ4n) is 4.79. The van der Waals surface area contributed by atoms with Crippen molar-refractivity contribution in [2.75, 3.05) is 36.9 Å². The van der Waals surface area contributed by atoms with Crippen molar-refractivity contribution in [2.45, 2.75) is 37.8 Å². The molecule has 0 bridgehead atoms. The zero-order valence-electron chi connectivity index (χ0n) is 19.9. The molecule has 3 heterocycles. The van der Waals surface area contributed by atoms with Gasteiger partial charge in [-0.05, 0) is 43.2 Å². The summed E-state index contributed by atoms with van der Waals surface area (Å²) >= 11 is 0. The van der Waals surface area contributed by atoms with Gasteiger partial charge in [-0.3, -0.25) is 9.59 Å². The fourth-order valence-corrected chi connectivity index (χ4v) is 4.79. The molecule has 3 aromatic rings. The molecule has 1 saturated heterocycles. The van der Waals surface area contributed by atoms with E-state index < -0.39 is 11.7 Å². The second-order valence-corrected chi connectivity index (χ2v) is 9.29. The van der Waals surface area contributed by atoms with E-state index in [1.54, 1.807) is 17.0 Å². The Labute approximate surface area is 207 Å². The van der Waals surface area contributed by atoms with Crippen LogP contribution in [-0.4, -0.2) is 65.1 Å². The molecule has 5 rings (SSSR count). The van der Waals surface area contributed by atoms with E-state index in [0.717, 1.165) is 42.7 Å². The van der Waals surface area contributed by atoms with Gasteiger partial charge in [-0.25, -0.2) is 9.37 Å². The van der Waals surface area contributed by atoms with Crippen LogP contribution in [-0.2, 0) is 4.74 Å². The van der Waals surface area contributed by atoms with Crippen molar-refractivity contribution in [3.8, 4) is 0 Å². The monoisotopic (exact) mass is 495 g/mol. The Morgan fingerprint density at radius 1 is 1.11 bits per heavy atom. The van der Waals surface area contributed by atoms with Gasteiger partial charge in [-0.15, -0.1) is 0 Å². The van der Waals surface area contributed by atoms with E-state index in [1.807, 2.05) is 12.1 Å². The molecule has 2 aromatic heterocycles. The quantitative estimate of drug-likeness (QED) is 0.353. The Bertz CT molecular complexity index is 1290. The first-order valence-corrected chi connectivity index (χ1v) is 12.2. The number of nitrogens with zero attached hydrogens (tertiary/aromatic N) is 2. The highest BCUT2D eigenvalue weighted by atomic mass is 19.1. The van der Waals surface area contributed by atoms with Crippen molar-refractivity contribution < 1.29 is 18.7 Å². The van der Waals surface area contributed by atoms with Crippen LogP contribution in [0.15, 0.2) is 30.3 Å².